The first-order chi connectivity index (χ1) is 10.5. The molecule has 1 unspecified atom stereocenters. The molecule has 1 atom stereocenters. The van der Waals surface area contributed by atoms with Gasteiger partial charge in [-0.15, -0.1) is 0 Å². The minimum Gasteiger partial charge on any atom is -0.322 e. The van der Waals surface area contributed by atoms with Crippen LogP contribution in [-0.2, 0) is 5.54 Å². The standard InChI is InChI=1S/C21H25N/c1-4-21(3,22)20-15-13-19(14-16-20)8-6-5-7-18-11-9-17(2)10-12-18/h5-16H,4,22H2,1-3H3/b7-5+,8-6+. The Labute approximate surface area is 134 Å². The van der Waals surface area contributed by atoms with E-state index in [-0.39, 0.29) is 5.54 Å². The summed E-state index contributed by atoms with van der Waals surface area (Å²) in [6, 6.07) is 17.0. The molecule has 1 heteroatoms. The van der Waals surface area contributed by atoms with Gasteiger partial charge in [0.15, 0.2) is 0 Å². The Balaban J connectivity index is 2.00. The molecule has 1 nitrogen and oxygen atoms in total. The van der Waals surface area contributed by atoms with E-state index in [2.05, 4.69) is 93.6 Å². The number of allylic oxidation sites excluding steroid dienone is 2. The fraction of sp³-hybridized carbons (Fsp3) is 0.238. The quantitative estimate of drug-likeness (QED) is 0.743. The molecule has 2 aromatic rings. The second-order valence-corrected chi connectivity index (χ2v) is 6.02. The molecule has 22 heavy (non-hydrogen) atoms. The van der Waals surface area contributed by atoms with Crippen molar-refractivity contribution in [3.63, 3.8) is 0 Å². The van der Waals surface area contributed by atoms with Crippen LogP contribution in [0, 0.1) is 6.92 Å². The third kappa shape index (κ3) is 4.44. The summed E-state index contributed by atoms with van der Waals surface area (Å²) in [5.74, 6) is 0. The van der Waals surface area contributed by atoms with Gasteiger partial charge in [0.05, 0.1) is 0 Å². The van der Waals surface area contributed by atoms with E-state index in [0.29, 0.717) is 0 Å². The highest BCUT2D eigenvalue weighted by molar-refractivity contribution is 5.57. The Morgan fingerprint density at radius 2 is 1.32 bits per heavy atom. The SMILES string of the molecule is CCC(C)(N)c1ccc(/C=C/C=C/c2ccc(C)cc2)cc1. The average Bonchev–Trinajstić information content (AvgIpc) is 2.54. The van der Waals surface area contributed by atoms with Gasteiger partial charge in [-0.25, -0.2) is 0 Å². The first-order valence-electron chi connectivity index (χ1n) is 7.82. The molecule has 0 fully saturated rings. The second-order valence-electron chi connectivity index (χ2n) is 6.02. The summed E-state index contributed by atoms with van der Waals surface area (Å²) in [5.41, 5.74) is 10.9. The van der Waals surface area contributed by atoms with Crippen molar-refractivity contribution in [1.82, 2.24) is 0 Å². The maximum Gasteiger partial charge on any atom is 0.0378 e. The Hall–Kier alpha value is -2.12. The molecule has 2 N–H and O–H groups in total. The van der Waals surface area contributed by atoms with E-state index >= 15 is 0 Å². The first-order valence-corrected chi connectivity index (χ1v) is 7.82. The Morgan fingerprint density at radius 3 is 1.77 bits per heavy atom. The monoisotopic (exact) mass is 291 g/mol. The number of nitrogens with two attached hydrogens (primary N) is 1. The summed E-state index contributed by atoms with van der Waals surface area (Å²) in [7, 11) is 0. The lowest BCUT2D eigenvalue weighted by atomic mass is 9.90. The highest BCUT2D eigenvalue weighted by Crippen LogP contribution is 2.21. The summed E-state index contributed by atoms with van der Waals surface area (Å²) in [4.78, 5) is 0. The molecule has 0 aliphatic carbocycles. The van der Waals surface area contributed by atoms with Gasteiger partial charge in [0.25, 0.3) is 0 Å². The number of hydrogen-bond donors (Lipinski definition) is 1. The molecule has 0 aromatic heterocycles. The van der Waals surface area contributed by atoms with Gasteiger partial charge in [-0.05, 0) is 37.0 Å². The van der Waals surface area contributed by atoms with Crippen LogP contribution in [0.25, 0.3) is 12.2 Å². The van der Waals surface area contributed by atoms with Gasteiger partial charge in [0.1, 0.15) is 0 Å². The lowest BCUT2D eigenvalue weighted by molar-refractivity contribution is 0.476. The Bertz CT molecular complexity index is 643. The van der Waals surface area contributed by atoms with Gasteiger partial charge < -0.3 is 5.73 Å². The van der Waals surface area contributed by atoms with Crippen LogP contribution in [0.5, 0.6) is 0 Å². The topological polar surface area (TPSA) is 26.0 Å². The van der Waals surface area contributed by atoms with Gasteiger partial charge in [-0.2, -0.15) is 0 Å². The van der Waals surface area contributed by atoms with Gasteiger partial charge >= 0.3 is 0 Å². The van der Waals surface area contributed by atoms with Crippen molar-refractivity contribution in [3.05, 3.63) is 82.9 Å². The van der Waals surface area contributed by atoms with E-state index in [4.69, 9.17) is 5.73 Å². The number of aryl methyl sites for hydroxylation is 1. The van der Waals surface area contributed by atoms with E-state index in [1.807, 2.05) is 0 Å². The molecule has 0 radical (unpaired) electrons. The summed E-state index contributed by atoms with van der Waals surface area (Å²) in [5, 5.41) is 0. The summed E-state index contributed by atoms with van der Waals surface area (Å²) >= 11 is 0. The van der Waals surface area contributed by atoms with Crippen LogP contribution in [0.15, 0.2) is 60.7 Å². The first kappa shape index (κ1) is 16.3. The fourth-order valence-corrected chi connectivity index (χ4v) is 2.19. The third-order valence-corrected chi connectivity index (χ3v) is 4.07. The van der Waals surface area contributed by atoms with Crippen LogP contribution in [-0.4, -0.2) is 0 Å². The fourth-order valence-electron chi connectivity index (χ4n) is 2.19. The molecular weight excluding hydrogens is 266 g/mol. The van der Waals surface area contributed by atoms with Crippen molar-refractivity contribution in [2.45, 2.75) is 32.7 Å². The minimum atomic E-state index is -0.242. The van der Waals surface area contributed by atoms with Crippen LogP contribution in [0.2, 0.25) is 0 Å². The smallest absolute Gasteiger partial charge is 0.0378 e. The van der Waals surface area contributed by atoms with Gasteiger partial charge in [0.2, 0.25) is 0 Å². The van der Waals surface area contributed by atoms with E-state index in [1.54, 1.807) is 0 Å². The van der Waals surface area contributed by atoms with Crippen molar-refractivity contribution in [3.8, 4) is 0 Å². The lowest BCUT2D eigenvalue weighted by Crippen LogP contribution is -2.31. The van der Waals surface area contributed by atoms with Crippen molar-refractivity contribution in [2.24, 2.45) is 5.73 Å². The zero-order valence-electron chi connectivity index (χ0n) is 13.7. The number of benzene rings is 2. The zero-order valence-corrected chi connectivity index (χ0v) is 13.7. The Morgan fingerprint density at radius 1 is 0.864 bits per heavy atom. The maximum atomic E-state index is 6.25. The molecule has 0 saturated carbocycles. The van der Waals surface area contributed by atoms with Crippen molar-refractivity contribution in [2.75, 3.05) is 0 Å². The predicted molar refractivity (Wildman–Crippen MR) is 97.5 cm³/mol. The van der Waals surface area contributed by atoms with E-state index in [0.717, 1.165) is 6.42 Å². The average molecular weight is 291 g/mol. The highest BCUT2D eigenvalue weighted by Gasteiger charge is 2.17. The van der Waals surface area contributed by atoms with E-state index < -0.39 is 0 Å². The van der Waals surface area contributed by atoms with Crippen molar-refractivity contribution < 1.29 is 0 Å². The maximum absolute atomic E-state index is 6.25. The molecule has 2 rings (SSSR count). The molecule has 2 aromatic carbocycles. The van der Waals surface area contributed by atoms with E-state index in [1.165, 1.54) is 22.3 Å². The number of rotatable bonds is 5. The molecule has 0 aliphatic heterocycles. The van der Waals surface area contributed by atoms with Crippen molar-refractivity contribution >= 4 is 12.2 Å². The third-order valence-electron chi connectivity index (χ3n) is 4.07. The van der Waals surface area contributed by atoms with Gasteiger partial charge in [-0.3, -0.25) is 0 Å². The predicted octanol–water partition coefficient (Wildman–Crippen LogP) is 5.31. The Kier molecular flexibility index (Phi) is 5.35. The number of hydrogen-bond acceptors (Lipinski definition) is 1. The van der Waals surface area contributed by atoms with Crippen LogP contribution in [0.3, 0.4) is 0 Å². The summed E-state index contributed by atoms with van der Waals surface area (Å²) in [6.45, 7) is 6.29. The molecule has 0 spiro atoms. The molecule has 114 valence electrons. The second kappa shape index (κ2) is 7.24. The largest absolute Gasteiger partial charge is 0.322 e. The molecular formula is C21H25N. The van der Waals surface area contributed by atoms with E-state index in [9.17, 15) is 0 Å². The van der Waals surface area contributed by atoms with Crippen LogP contribution < -0.4 is 5.73 Å². The summed E-state index contributed by atoms with van der Waals surface area (Å²) < 4.78 is 0. The summed E-state index contributed by atoms with van der Waals surface area (Å²) in [6.07, 6.45) is 9.28. The highest BCUT2D eigenvalue weighted by atomic mass is 14.7. The van der Waals surface area contributed by atoms with Gasteiger partial charge in [0, 0.05) is 5.54 Å². The van der Waals surface area contributed by atoms with Crippen molar-refractivity contribution in [1.29, 1.82) is 0 Å². The van der Waals surface area contributed by atoms with Gasteiger partial charge in [-0.1, -0.05) is 85.3 Å². The minimum absolute atomic E-state index is 0.242. The molecule has 0 amide bonds. The molecule has 0 bridgehead atoms. The van der Waals surface area contributed by atoms with Crippen LogP contribution in [0.4, 0.5) is 0 Å². The molecule has 0 heterocycles. The zero-order chi connectivity index (χ0) is 16.0. The normalized spacial score (nSPS) is 14.5. The van der Waals surface area contributed by atoms with Crippen LogP contribution in [0.1, 0.15) is 42.5 Å². The van der Waals surface area contributed by atoms with Crippen LogP contribution >= 0.6 is 0 Å². The molecule has 0 aliphatic rings. The molecule has 0 saturated heterocycles. The lowest BCUT2D eigenvalue weighted by Gasteiger charge is -2.23.